The molecule has 1 aliphatic rings. The van der Waals surface area contributed by atoms with Crippen LogP contribution in [-0.4, -0.2) is 37.2 Å². The summed E-state index contributed by atoms with van der Waals surface area (Å²) in [6.45, 7) is 8.42. The van der Waals surface area contributed by atoms with E-state index in [-0.39, 0.29) is 5.92 Å². The second kappa shape index (κ2) is 6.98. The lowest BCUT2D eigenvalue weighted by Crippen LogP contribution is -2.49. The molecule has 0 aromatic heterocycles. The third-order valence-corrected chi connectivity index (χ3v) is 4.01. The number of likely N-dealkylation sites (N-methyl/N-ethyl adjacent to an activating group) is 1. The van der Waals surface area contributed by atoms with Crippen molar-refractivity contribution < 1.29 is 4.74 Å². The van der Waals surface area contributed by atoms with Crippen molar-refractivity contribution >= 4 is 0 Å². The van der Waals surface area contributed by atoms with Crippen molar-refractivity contribution in [3.8, 4) is 6.07 Å². The zero-order valence-corrected chi connectivity index (χ0v) is 11.6. The second-order valence-corrected chi connectivity index (χ2v) is 5.36. The van der Waals surface area contributed by atoms with Gasteiger partial charge in [0.1, 0.15) is 0 Å². The molecule has 0 aliphatic heterocycles. The van der Waals surface area contributed by atoms with Gasteiger partial charge in [-0.3, -0.25) is 4.90 Å². The minimum atomic E-state index is 0.199. The van der Waals surface area contributed by atoms with E-state index >= 15 is 0 Å². The molecule has 17 heavy (non-hydrogen) atoms. The molecule has 0 bridgehead atoms. The fraction of sp³-hybridized carbons (Fsp3) is 0.929. The SMILES string of the molecule is CCN(C(C)COC)C1CC(C)CCC1C#N. The van der Waals surface area contributed by atoms with Gasteiger partial charge in [0.05, 0.1) is 18.6 Å². The molecule has 3 heteroatoms. The van der Waals surface area contributed by atoms with Crippen molar-refractivity contribution in [2.24, 2.45) is 11.8 Å². The van der Waals surface area contributed by atoms with Crippen LogP contribution < -0.4 is 0 Å². The van der Waals surface area contributed by atoms with E-state index in [1.54, 1.807) is 7.11 Å². The van der Waals surface area contributed by atoms with Gasteiger partial charge < -0.3 is 4.74 Å². The van der Waals surface area contributed by atoms with E-state index in [4.69, 9.17) is 4.74 Å². The molecule has 0 spiro atoms. The predicted octanol–water partition coefficient (Wildman–Crippen LogP) is 2.67. The number of nitriles is 1. The smallest absolute Gasteiger partial charge is 0.0672 e. The van der Waals surface area contributed by atoms with Gasteiger partial charge >= 0.3 is 0 Å². The van der Waals surface area contributed by atoms with Crippen molar-refractivity contribution in [2.45, 2.75) is 52.1 Å². The molecular formula is C14H26N2O. The molecule has 1 aliphatic carbocycles. The first kappa shape index (κ1) is 14.5. The van der Waals surface area contributed by atoms with Crippen molar-refractivity contribution in [3.63, 3.8) is 0 Å². The second-order valence-electron chi connectivity index (χ2n) is 5.36. The van der Waals surface area contributed by atoms with Gasteiger partial charge in [-0.15, -0.1) is 0 Å². The number of hydrogen-bond acceptors (Lipinski definition) is 3. The fourth-order valence-corrected chi connectivity index (χ4v) is 3.08. The molecule has 0 aromatic rings. The number of ether oxygens (including phenoxy) is 1. The summed E-state index contributed by atoms with van der Waals surface area (Å²) in [4.78, 5) is 2.45. The maximum Gasteiger partial charge on any atom is 0.0672 e. The Balaban J connectivity index is 2.73. The molecule has 0 saturated heterocycles. The Hall–Kier alpha value is -0.590. The van der Waals surface area contributed by atoms with Crippen LogP contribution in [0.5, 0.6) is 0 Å². The monoisotopic (exact) mass is 238 g/mol. The van der Waals surface area contributed by atoms with E-state index in [1.165, 1.54) is 6.42 Å². The molecule has 98 valence electrons. The van der Waals surface area contributed by atoms with Gasteiger partial charge in [0.25, 0.3) is 0 Å². The van der Waals surface area contributed by atoms with Gasteiger partial charge in [-0.2, -0.15) is 5.26 Å². The van der Waals surface area contributed by atoms with Crippen LogP contribution in [0.3, 0.4) is 0 Å². The molecule has 0 radical (unpaired) electrons. The number of nitrogens with zero attached hydrogens (tertiary/aromatic N) is 2. The molecule has 1 rings (SSSR count). The molecule has 1 fully saturated rings. The Morgan fingerprint density at radius 3 is 2.71 bits per heavy atom. The van der Waals surface area contributed by atoms with Crippen LogP contribution in [0, 0.1) is 23.2 Å². The summed E-state index contributed by atoms with van der Waals surface area (Å²) in [5, 5.41) is 9.30. The molecule has 0 N–H and O–H groups in total. The normalized spacial score (nSPS) is 31.2. The molecule has 0 heterocycles. The largest absolute Gasteiger partial charge is 0.383 e. The third-order valence-electron chi connectivity index (χ3n) is 4.01. The number of rotatable bonds is 5. The minimum Gasteiger partial charge on any atom is -0.383 e. The van der Waals surface area contributed by atoms with Crippen LogP contribution in [0.4, 0.5) is 0 Å². The highest BCUT2D eigenvalue weighted by Gasteiger charge is 2.34. The molecular weight excluding hydrogens is 212 g/mol. The number of hydrogen-bond donors (Lipinski definition) is 0. The molecule has 1 saturated carbocycles. The molecule has 3 nitrogen and oxygen atoms in total. The lowest BCUT2D eigenvalue weighted by Gasteiger charge is -2.42. The molecule has 0 amide bonds. The van der Waals surface area contributed by atoms with Gasteiger partial charge in [-0.05, 0) is 38.6 Å². The Morgan fingerprint density at radius 1 is 1.47 bits per heavy atom. The van der Waals surface area contributed by atoms with E-state index in [9.17, 15) is 5.26 Å². The van der Waals surface area contributed by atoms with Gasteiger partial charge in [0, 0.05) is 19.2 Å². The highest BCUT2D eigenvalue weighted by Crippen LogP contribution is 2.32. The Kier molecular flexibility index (Phi) is 5.94. The van der Waals surface area contributed by atoms with Crippen LogP contribution in [0.25, 0.3) is 0 Å². The van der Waals surface area contributed by atoms with Gasteiger partial charge in [-0.25, -0.2) is 0 Å². The van der Waals surface area contributed by atoms with Crippen molar-refractivity contribution in [1.29, 1.82) is 5.26 Å². The highest BCUT2D eigenvalue weighted by molar-refractivity contribution is 4.97. The predicted molar refractivity (Wildman–Crippen MR) is 69.6 cm³/mol. The fourth-order valence-electron chi connectivity index (χ4n) is 3.08. The first-order chi connectivity index (χ1) is 8.13. The van der Waals surface area contributed by atoms with Crippen LogP contribution in [0.2, 0.25) is 0 Å². The summed E-state index contributed by atoms with van der Waals surface area (Å²) in [5.41, 5.74) is 0. The summed E-state index contributed by atoms with van der Waals surface area (Å²) in [7, 11) is 1.75. The lowest BCUT2D eigenvalue weighted by molar-refractivity contribution is 0.0362. The van der Waals surface area contributed by atoms with Crippen LogP contribution in [-0.2, 0) is 4.74 Å². The van der Waals surface area contributed by atoms with E-state index in [2.05, 4.69) is 31.7 Å². The van der Waals surface area contributed by atoms with Gasteiger partial charge in [0.15, 0.2) is 0 Å². The van der Waals surface area contributed by atoms with Crippen LogP contribution in [0.1, 0.15) is 40.0 Å². The third kappa shape index (κ3) is 3.69. The first-order valence-corrected chi connectivity index (χ1v) is 6.78. The summed E-state index contributed by atoms with van der Waals surface area (Å²) in [6, 6.07) is 3.32. The van der Waals surface area contributed by atoms with E-state index in [1.807, 2.05) is 0 Å². The maximum absolute atomic E-state index is 9.30. The van der Waals surface area contributed by atoms with Gasteiger partial charge in [0.2, 0.25) is 0 Å². The Labute approximate surface area is 106 Å². The topological polar surface area (TPSA) is 36.3 Å². The highest BCUT2D eigenvalue weighted by atomic mass is 16.5. The first-order valence-electron chi connectivity index (χ1n) is 6.78. The summed E-state index contributed by atoms with van der Waals surface area (Å²) >= 11 is 0. The Morgan fingerprint density at radius 2 is 2.18 bits per heavy atom. The number of methoxy groups -OCH3 is 1. The van der Waals surface area contributed by atoms with E-state index in [0.29, 0.717) is 12.1 Å². The maximum atomic E-state index is 9.30. The lowest BCUT2D eigenvalue weighted by atomic mass is 9.78. The Bertz CT molecular complexity index is 261. The van der Waals surface area contributed by atoms with Crippen LogP contribution in [0.15, 0.2) is 0 Å². The summed E-state index contributed by atoms with van der Waals surface area (Å²) in [6.07, 6.45) is 3.41. The standard InChI is InChI=1S/C14H26N2O/c1-5-16(12(3)10-17-4)14-8-11(2)6-7-13(14)9-15/h11-14H,5-8,10H2,1-4H3. The quantitative estimate of drug-likeness (QED) is 0.739. The van der Waals surface area contributed by atoms with Crippen LogP contribution >= 0.6 is 0 Å². The average Bonchev–Trinajstić information content (AvgIpc) is 2.31. The van der Waals surface area contributed by atoms with Crippen molar-refractivity contribution in [3.05, 3.63) is 0 Å². The van der Waals surface area contributed by atoms with Gasteiger partial charge in [-0.1, -0.05) is 13.8 Å². The van der Waals surface area contributed by atoms with E-state index in [0.717, 1.165) is 31.9 Å². The summed E-state index contributed by atoms with van der Waals surface area (Å²) in [5.74, 6) is 0.943. The molecule has 0 aromatic carbocycles. The zero-order valence-electron chi connectivity index (χ0n) is 11.6. The van der Waals surface area contributed by atoms with E-state index < -0.39 is 0 Å². The molecule has 4 atom stereocenters. The van der Waals surface area contributed by atoms with Crippen molar-refractivity contribution in [1.82, 2.24) is 4.90 Å². The minimum absolute atomic E-state index is 0.199. The average molecular weight is 238 g/mol. The van der Waals surface area contributed by atoms with Crippen molar-refractivity contribution in [2.75, 3.05) is 20.3 Å². The summed E-state index contributed by atoms with van der Waals surface area (Å²) < 4.78 is 5.25. The molecule has 4 unspecified atom stereocenters. The zero-order chi connectivity index (χ0) is 12.8.